The first-order valence-corrected chi connectivity index (χ1v) is 8.33. The Kier molecular flexibility index (Phi) is 9.57. The van der Waals surface area contributed by atoms with E-state index >= 15 is 0 Å². The Morgan fingerprint density at radius 3 is 2.50 bits per heavy atom. The maximum Gasteiger partial charge on any atom is 0.191 e. The van der Waals surface area contributed by atoms with Crippen LogP contribution in [0.2, 0.25) is 0 Å². The molecule has 0 saturated heterocycles. The van der Waals surface area contributed by atoms with E-state index in [1.54, 1.807) is 19.2 Å². The fourth-order valence-corrected chi connectivity index (χ4v) is 2.60. The second-order valence-electron chi connectivity index (χ2n) is 6.18. The Labute approximate surface area is 171 Å². The first-order valence-electron chi connectivity index (χ1n) is 8.33. The van der Waals surface area contributed by atoms with Crippen molar-refractivity contribution in [1.29, 1.82) is 0 Å². The van der Waals surface area contributed by atoms with E-state index in [1.807, 2.05) is 38.2 Å². The van der Waals surface area contributed by atoms with Gasteiger partial charge in [-0.15, -0.1) is 24.0 Å². The van der Waals surface area contributed by atoms with E-state index in [0.717, 1.165) is 36.6 Å². The van der Waals surface area contributed by atoms with Crippen LogP contribution in [-0.2, 0) is 13.5 Å². The number of likely N-dealkylation sites (N-methyl/N-ethyl adjacent to an activating group) is 1. The van der Waals surface area contributed by atoms with Gasteiger partial charge >= 0.3 is 0 Å². The predicted molar refractivity (Wildman–Crippen MR) is 115 cm³/mol. The summed E-state index contributed by atoms with van der Waals surface area (Å²) in [4.78, 5) is 6.41. The number of aromatic nitrogens is 2. The molecule has 2 rings (SSSR count). The highest BCUT2D eigenvalue weighted by atomic mass is 127. The molecular weight excluding hydrogens is 446 g/mol. The quantitative estimate of drug-likeness (QED) is 0.367. The summed E-state index contributed by atoms with van der Waals surface area (Å²) in [6.45, 7) is 1.44. The normalized spacial score (nSPS) is 12.6. The summed E-state index contributed by atoms with van der Waals surface area (Å²) in [6, 6.07) is 6.77. The molecule has 0 aliphatic carbocycles. The van der Waals surface area contributed by atoms with Crippen LogP contribution in [0.4, 0.5) is 4.39 Å². The van der Waals surface area contributed by atoms with E-state index in [1.165, 1.54) is 12.1 Å². The van der Waals surface area contributed by atoms with Gasteiger partial charge in [0.15, 0.2) is 5.96 Å². The maximum absolute atomic E-state index is 12.9. The number of rotatable bonds is 7. The number of halogens is 2. The Morgan fingerprint density at radius 2 is 1.96 bits per heavy atom. The molecule has 8 heteroatoms. The third-order valence-electron chi connectivity index (χ3n) is 4.04. The van der Waals surface area contributed by atoms with Gasteiger partial charge in [-0.2, -0.15) is 5.10 Å². The van der Waals surface area contributed by atoms with Crippen LogP contribution in [0, 0.1) is 5.82 Å². The van der Waals surface area contributed by atoms with Crippen LogP contribution in [0.3, 0.4) is 0 Å². The van der Waals surface area contributed by atoms with Gasteiger partial charge < -0.3 is 15.5 Å². The zero-order valence-electron chi connectivity index (χ0n) is 15.7. The summed E-state index contributed by atoms with van der Waals surface area (Å²) >= 11 is 0. The first-order chi connectivity index (χ1) is 12.0. The molecule has 0 aliphatic rings. The van der Waals surface area contributed by atoms with Gasteiger partial charge in [-0.1, -0.05) is 12.1 Å². The number of aryl methyl sites for hydroxylation is 1. The average Bonchev–Trinajstić information content (AvgIpc) is 3.01. The molecule has 0 saturated carbocycles. The van der Waals surface area contributed by atoms with Gasteiger partial charge in [0.1, 0.15) is 5.82 Å². The molecule has 1 aromatic heterocycles. The van der Waals surface area contributed by atoms with Gasteiger partial charge in [-0.05, 0) is 38.2 Å². The molecule has 1 heterocycles. The zero-order chi connectivity index (χ0) is 18.2. The molecule has 6 nitrogen and oxygen atoms in total. The third-order valence-corrected chi connectivity index (χ3v) is 4.04. The minimum absolute atomic E-state index is 0. The van der Waals surface area contributed by atoms with Crippen LogP contribution < -0.4 is 10.6 Å². The van der Waals surface area contributed by atoms with Crippen LogP contribution in [-0.4, -0.2) is 54.9 Å². The minimum atomic E-state index is -0.209. The summed E-state index contributed by atoms with van der Waals surface area (Å²) in [5.74, 6) is 0.539. The number of aliphatic imine (C=N–C) groups is 1. The van der Waals surface area contributed by atoms with Crippen molar-refractivity contribution in [2.45, 2.75) is 12.5 Å². The Morgan fingerprint density at radius 1 is 1.27 bits per heavy atom. The molecule has 2 aromatic rings. The Balaban J connectivity index is 0.00000338. The van der Waals surface area contributed by atoms with Gasteiger partial charge in [0.2, 0.25) is 0 Å². The number of guanidine groups is 1. The topological polar surface area (TPSA) is 57.5 Å². The number of benzene rings is 1. The molecular formula is C18H28FIN6. The predicted octanol–water partition coefficient (Wildman–Crippen LogP) is 2.19. The second kappa shape index (κ2) is 11.1. The molecule has 0 fully saturated rings. The van der Waals surface area contributed by atoms with E-state index in [4.69, 9.17) is 0 Å². The molecule has 0 amide bonds. The fraction of sp³-hybridized carbons (Fsp3) is 0.444. The SMILES string of the molecule is CN=C(NCCc1ccc(F)cc1)NCC(c1cnn(C)c1)N(C)C.I. The van der Waals surface area contributed by atoms with Crippen LogP contribution >= 0.6 is 24.0 Å². The second-order valence-corrected chi connectivity index (χ2v) is 6.18. The Hall–Kier alpha value is -1.68. The highest BCUT2D eigenvalue weighted by Crippen LogP contribution is 2.15. The highest BCUT2D eigenvalue weighted by molar-refractivity contribution is 14.0. The summed E-state index contributed by atoms with van der Waals surface area (Å²) in [7, 11) is 7.76. The highest BCUT2D eigenvalue weighted by Gasteiger charge is 2.16. The molecule has 26 heavy (non-hydrogen) atoms. The molecule has 0 spiro atoms. The number of hydrogen-bond donors (Lipinski definition) is 2. The van der Waals surface area contributed by atoms with Crippen molar-refractivity contribution >= 4 is 29.9 Å². The lowest BCUT2D eigenvalue weighted by Crippen LogP contribution is -2.42. The lowest BCUT2D eigenvalue weighted by Gasteiger charge is -2.24. The molecule has 2 N–H and O–H groups in total. The van der Waals surface area contributed by atoms with Gasteiger partial charge in [0.05, 0.1) is 12.2 Å². The average molecular weight is 474 g/mol. The van der Waals surface area contributed by atoms with Crippen molar-refractivity contribution in [2.24, 2.45) is 12.0 Å². The maximum atomic E-state index is 12.9. The number of nitrogens with one attached hydrogen (secondary N) is 2. The Bertz CT molecular complexity index is 683. The summed E-state index contributed by atoms with van der Waals surface area (Å²) in [5, 5.41) is 10.9. The van der Waals surface area contributed by atoms with E-state index < -0.39 is 0 Å². The lowest BCUT2D eigenvalue weighted by atomic mass is 10.1. The smallest absolute Gasteiger partial charge is 0.191 e. The zero-order valence-corrected chi connectivity index (χ0v) is 18.1. The van der Waals surface area contributed by atoms with E-state index in [-0.39, 0.29) is 35.8 Å². The monoisotopic (exact) mass is 474 g/mol. The molecule has 0 bridgehead atoms. The molecule has 1 aromatic carbocycles. The van der Waals surface area contributed by atoms with Crippen LogP contribution in [0.25, 0.3) is 0 Å². The summed E-state index contributed by atoms with van der Waals surface area (Å²) in [6.07, 6.45) is 4.72. The summed E-state index contributed by atoms with van der Waals surface area (Å²) < 4.78 is 14.7. The van der Waals surface area contributed by atoms with Gasteiger partial charge in [0.25, 0.3) is 0 Å². The summed E-state index contributed by atoms with van der Waals surface area (Å²) in [5.41, 5.74) is 2.24. The number of nitrogens with zero attached hydrogens (tertiary/aromatic N) is 4. The van der Waals surface area contributed by atoms with Crippen molar-refractivity contribution in [3.05, 3.63) is 53.6 Å². The van der Waals surface area contributed by atoms with Crippen molar-refractivity contribution in [1.82, 2.24) is 25.3 Å². The first kappa shape index (κ1) is 22.4. The van der Waals surface area contributed by atoms with Crippen LogP contribution in [0.15, 0.2) is 41.7 Å². The van der Waals surface area contributed by atoms with Gasteiger partial charge in [-0.25, -0.2) is 4.39 Å². The van der Waals surface area contributed by atoms with Crippen LogP contribution in [0.1, 0.15) is 17.2 Å². The number of hydrogen-bond acceptors (Lipinski definition) is 3. The minimum Gasteiger partial charge on any atom is -0.356 e. The van der Waals surface area contributed by atoms with Gasteiger partial charge in [-0.3, -0.25) is 9.67 Å². The standard InChI is InChI=1S/C18H27FN6.HI/c1-20-18(21-10-9-14-5-7-16(19)8-6-14)22-12-17(24(2)3)15-11-23-25(4)13-15;/h5-8,11,13,17H,9-10,12H2,1-4H3,(H2,20,21,22);1H. The van der Waals surface area contributed by atoms with Crippen molar-refractivity contribution in [3.63, 3.8) is 0 Å². The lowest BCUT2D eigenvalue weighted by molar-refractivity contribution is 0.298. The van der Waals surface area contributed by atoms with E-state index in [9.17, 15) is 4.39 Å². The molecule has 0 radical (unpaired) electrons. The largest absolute Gasteiger partial charge is 0.356 e. The van der Waals surface area contributed by atoms with Crippen LogP contribution in [0.5, 0.6) is 0 Å². The molecule has 1 unspecified atom stereocenters. The molecule has 144 valence electrons. The van der Waals surface area contributed by atoms with E-state index in [2.05, 4.69) is 25.6 Å². The molecule has 1 atom stereocenters. The van der Waals surface area contributed by atoms with Crippen molar-refractivity contribution in [3.8, 4) is 0 Å². The molecule has 0 aliphatic heterocycles. The van der Waals surface area contributed by atoms with Crippen molar-refractivity contribution in [2.75, 3.05) is 34.2 Å². The van der Waals surface area contributed by atoms with E-state index in [0.29, 0.717) is 0 Å². The third kappa shape index (κ3) is 6.91. The fourth-order valence-electron chi connectivity index (χ4n) is 2.60. The van der Waals surface area contributed by atoms with Gasteiger partial charge in [0, 0.05) is 38.9 Å². The van der Waals surface area contributed by atoms with Crippen molar-refractivity contribution < 1.29 is 4.39 Å².